The summed E-state index contributed by atoms with van der Waals surface area (Å²) < 4.78 is 1.22. The lowest BCUT2D eigenvalue weighted by Gasteiger charge is -2.06. The molecule has 1 heterocycles. The Kier molecular flexibility index (Phi) is 3.54. The molecule has 2 rings (SSSR count). The molecule has 1 aromatic rings. The van der Waals surface area contributed by atoms with Crippen LogP contribution >= 0.6 is 23.5 Å². The molecule has 0 spiro atoms. The lowest BCUT2D eigenvalue weighted by molar-refractivity contribution is 1.36. The van der Waals surface area contributed by atoms with Gasteiger partial charge >= 0.3 is 0 Å². The lowest BCUT2D eigenvalue weighted by Crippen LogP contribution is -1.84. The Morgan fingerprint density at radius 2 is 1.80 bits per heavy atom. The van der Waals surface area contributed by atoms with E-state index in [2.05, 4.69) is 29.0 Å². The van der Waals surface area contributed by atoms with E-state index in [1.807, 2.05) is 18.2 Å². The molecule has 1 aliphatic rings. The molecule has 1 nitrogen and oxygen atoms in total. The van der Waals surface area contributed by atoms with E-state index in [4.69, 9.17) is 5.26 Å². The highest BCUT2D eigenvalue weighted by Crippen LogP contribution is 2.43. The molecule has 15 heavy (non-hydrogen) atoms. The molecule has 0 aliphatic carbocycles. The van der Waals surface area contributed by atoms with Crippen molar-refractivity contribution in [2.75, 3.05) is 0 Å². The molecular formula is C12H9NS2. The maximum Gasteiger partial charge on any atom is 0.0670 e. The third-order valence-corrected chi connectivity index (χ3v) is 4.25. The van der Waals surface area contributed by atoms with Gasteiger partial charge in [-0.25, -0.2) is 0 Å². The van der Waals surface area contributed by atoms with Crippen molar-refractivity contribution in [2.24, 2.45) is 0 Å². The van der Waals surface area contributed by atoms with Gasteiger partial charge in [0.2, 0.25) is 0 Å². The summed E-state index contributed by atoms with van der Waals surface area (Å²) in [7, 11) is 0. The summed E-state index contributed by atoms with van der Waals surface area (Å²) in [5.74, 6) is 0. The maximum atomic E-state index is 8.84. The van der Waals surface area contributed by atoms with Crippen LogP contribution in [0.3, 0.4) is 0 Å². The van der Waals surface area contributed by atoms with E-state index in [1.165, 1.54) is 4.24 Å². The first-order valence-corrected chi connectivity index (χ1v) is 6.31. The molecule has 3 heteroatoms. The summed E-state index contributed by atoms with van der Waals surface area (Å²) >= 11 is 3.39. The zero-order valence-electron chi connectivity index (χ0n) is 8.01. The number of hydrogen-bond donors (Lipinski definition) is 0. The van der Waals surface area contributed by atoms with Crippen molar-refractivity contribution in [3.05, 3.63) is 50.9 Å². The molecule has 0 radical (unpaired) electrons. The lowest BCUT2D eigenvalue weighted by atomic mass is 10.1. The summed E-state index contributed by atoms with van der Waals surface area (Å²) in [5, 5.41) is 12.9. The van der Waals surface area contributed by atoms with Gasteiger partial charge in [-0.05, 0) is 22.0 Å². The second kappa shape index (κ2) is 5.11. The average Bonchev–Trinajstić information content (AvgIpc) is 2.80. The quantitative estimate of drug-likeness (QED) is 0.761. The van der Waals surface area contributed by atoms with Crippen LogP contribution in [0.5, 0.6) is 0 Å². The van der Waals surface area contributed by atoms with Gasteiger partial charge in [0.15, 0.2) is 0 Å². The Bertz CT molecular complexity index is 430. The second-order valence-electron chi connectivity index (χ2n) is 2.97. The van der Waals surface area contributed by atoms with Gasteiger partial charge in [-0.2, -0.15) is 5.26 Å². The minimum Gasteiger partial charge on any atom is -0.198 e. The molecule has 1 aliphatic heterocycles. The molecule has 0 saturated heterocycles. The van der Waals surface area contributed by atoms with E-state index in [-0.39, 0.29) is 0 Å². The van der Waals surface area contributed by atoms with Gasteiger partial charge in [-0.1, -0.05) is 53.9 Å². The molecule has 0 bridgehead atoms. The molecule has 0 unspecified atom stereocenters. The number of hydrogen-bond acceptors (Lipinski definition) is 3. The molecular weight excluding hydrogens is 222 g/mol. The molecule has 0 fully saturated rings. The van der Waals surface area contributed by atoms with Gasteiger partial charge in [-0.15, -0.1) is 0 Å². The predicted molar refractivity (Wildman–Crippen MR) is 67.9 cm³/mol. The number of allylic oxidation sites excluding steroid dienone is 1. The average molecular weight is 231 g/mol. The first kappa shape index (κ1) is 10.4. The Labute approximate surface area is 97.9 Å². The zero-order valence-corrected chi connectivity index (χ0v) is 9.65. The van der Waals surface area contributed by atoms with Crippen molar-refractivity contribution in [3.63, 3.8) is 0 Å². The van der Waals surface area contributed by atoms with Crippen LogP contribution in [0, 0.1) is 11.3 Å². The minimum atomic E-state index is 0.473. The van der Waals surface area contributed by atoms with Crippen LogP contribution in [0.2, 0.25) is 0 Å². The van der Waals surface area contributed by atoms with Crippen molar-refractivity contribution in [2.45, 2.75) is 6.42 Å². The molecule has 0 N–H and O–H groups in total. The Morgan fingerprint density at radius 1 is 1.13 bits per heavy atom. The normalized spacial score (nSPS) is 13.9. The number of rotatable bonds is 2. The molecule has 74 valence electrons. The van der Waals surface area contributed by atoms with Crippen molar-refractivity contribution >= 4 is 29.1 Å². The predicted octanol–water partition coefficient (Wildman–Crippen LogP) is 4.22. The standard InChI is InChI=1S/C12H9NS2/c13-7-6-11(12-14-8-9-15-12)10-4-2-1-3-5-10/h1-5,8-9H,6H2. The molecule has 0 atom stereocenters. The molecule has 1 aromatic carbocycles. The van der Waals surface area contributed by atoms with E-state index in [0.29, 0.717) is 6.42 Å². The van der Waals surface area contributed by atoms with Crippen LogP contribution in [0.15, 0.2) is 45.4 Å². The van der Waals surface area contributed by atoms with Crippen LogP contribution in [0.1, 0.15) is 12.0 Å². The first-order valence-electron chi connectivity index (χ1n) is 4.55. The van der Waals surface area contributed by atoms with Gasteiger partial charge in [0.1, 0.15) is 0 Å². The van der Waals surface area contributed by atoms with Crippen LogP contribution in [0.4, 0.5) is 0 Å². The zero-order chi connectivity index (χ0) is 10.5. The minimum absolute atomic E-state index is 0.473. The Hall–Kier alpha value is -1.11. The number of nitrogens with zero attached hydrogens (tertiary/aromatic N) is 1. The third kappa shape index (κ3) is 2.47. The van der Waals surface area contributed by atoms with E-state index in [0.717, 1.165) is 11.1 Å². The third-order valence-electron chi connectivity index (χ3n) is 2.03. The Morgan fingerprint density at radius 3 is 2.40 bits per heavy atom. The van der Waals surface area contributed by atoms with Gasteiger partial charge in [0.25, 0.3) is 0 Å². The SMILES string of the molecule is N#CCC(=C1SC=CS1)c1ccccc1. The van der Waals surface area contributed by atoms with Crippen LogP contribution < -0.4 is 0 Å². The van der Waals surface area contributed by atoms with Crippen LogP contribution in [-0.4, -0.2) is 0 Å². The molecule has 0 aromatic heterocycles. The maximum absolute atomic E-state index is 8.84. The summed E-state index contributed by atoms with van der Waals surface area (Å²) in [6.45, 7) is 0. The summed E-state index contributed by atoms with van der Waals surface area (Å²) in [6, 6.07) is 12.3. The topological polar surface area (TPSA) is 23.8 Å². The van der Waals surface area contributed by atoms with E-state index >= 15 is 0 Å². The number of benzene rings is 1. The fraction of sp³-hybridized carbons (Fsp3) is 0.0833. The highest BCUT2D eigenvalue weighted by Gasteiger charge is 2.11. The van der Waals surface area contributed by atoms with Gasteiger partial charge in [0.05, 0.1) is 16.7 Å². The summed E-state index contributed by atoms with van der Waals surface area (Å²) in [4.78, 5) is 0. The monoisotopic (exact) mass is 231 g/mol. The smallest absolute Gasteiger partial charge is 0.0670 e. The molecule has 0 amide bonds. The second-order valence-corrected chi connectivity index (χ2v) is 5.07. The van der Waals surface area contributed by atoms with Crippen molar-refractivity contribution < 1.29 is 0 Å². The van der Waals surface area contributed by atoms with Crippen molar-refractivity contribution in [1.29, 1.82) is 5.26 Å². The number of thioether (sulfide) groups is 2. The highest BCUT2D eigenvalue weighted by atomic mass is 32.2. The Balaban J connectivity index is 2.37. The summed E-state index contributed by atoms with van der Waals surface area (Å²) in [5.41, 5.74) is 2.29. The van der Waals surface area contributed by atoms with Crippen molar-refractivity contribution in [1.82, 2.24) is 0 Å². The van der Waals surface area contributed by atoms with Crippen molar-refractivity contribution in [3.8, 4) is 6.07 Å². The highest BCUT2D eigenvalue weighted by molar-refractivity contribution is 8.27. The van der Waals surface area contributed by atoms with E-state index < -0.39 is 0 Å². The van der Waals surface area contributed by atoms with E-state index in [9.17, 15) is 0 Å². The van der Waals surface area contributed by atoms with Gasteiger partial charge < -0.3 is 0 Å². The fourth-order valence-electron chi connectivity index (χ4n) is 1.36. The fourth-order valence-corrected chi connectivity index (χ4v) is 3.27. The largest absolute Gasteiger partial charge is 0.198 e. The van der Waals surface area contributed by atoms with Gasteiger partial charge in [0, 0.05) is 0 Å². The van der Waals surface area contributed by atoms with Gasteiger partial charge in [-0.3, -0.25) is 0 Å². The van der Waals surface area contributed by atoms with Crippen LogP contribution in [0.25, 0.3) is 5.57 Å². The van der Waals surface area contributed by atoms with Crippen LogP contribution in [-0.2, 0) is 0 Å². The number of nitriles is 1. The van der Waals surface area contributed by atoms with E-state index in [1.54, 1.807) is 23.5 Å². The summed E-state index contributed by atoms with van der Waals surface area (Å²) in [6.07, 6.45) is 0.473. The molecule has 0 saturated carbocycles. The first-order chi connectivity index (χ1) is 7.42.